The van der Waals surface area contributed by atoms with E-state index in [-0.39, 0.29) is 19.0 Å². The van der Waals surface area contributed by atoms with Gasteiger partial charge >= 0.3 is 0 Å². The van der Waals surface area contributed by atoms with Crippen LogP contribution in [0, 0.1) is 0 Å². The van der Waals surface area contributed by atoms with Crippen molar-refractivity contribution in [3.63, 3.8) is 0 Å². The normalized spacial score (nSPS) is 24.8. The van der Waals surface area contributed by atoms with Crippen LogP contribution in [0.2, 0.25) is 0 Å². The van der Waals surface area contributed by atoms with Gasteiger partial charge in [-0.2, -0.15) is 0 Å². The first-order valence-corrected chi connectivity index (χ1v) is 6.95. The van der Waals surface area contributed by atoms with Crippen LogP contribution in [0.5, 0.6) is 0 Å². The van der Waals surface area contributed by atoms with Crippen LogP contribution >= 0.6 is 0 Å². The van der Waals surface area contributed by atoms with E-state index in [0.29, 0.717) is 25.7 Å². The van der Waals surface area contributed by atoms with Crippen molar-refractivity contribution in [3.05, 3.63) is 0 Å². The van der Waals surface area contributed by atoms with E-state index in [0.717, 1.165) is 25.7 Å². The lowest BCUT2D eigenvalue weighted by atomic mass is 9.87. The highest BCUT2D eigenvalue weighted by Crippen LogP contribution is 2.36. The maximum absolute atomic E-state index is 9.44. The molecule has 1 aliphatic carbocycles. The van der Waals surface area contributed by atoms with Crippen molar-refractivity contribution in [3.8, 4) is 0 Å². The Kier molecular flexibility index (Phi) is 4.61. The lowest BCUT2D eigenvalue weighted by molar-refractivity contribution is -0.180. The summed E-state index contributed by atoms with van der Waals surface area (Å²) in [5, 5.41) is 22.3. The number of ether oxygens (including phenoxy) is 2. The summed E-state index contributed by atoms with van der Waals surface area (Å²) in [6, 6.07) is 0.322. The fourth-order valence-electron chi connectivity index (χ4n) is 2.89. The van der Waals surface area contributed by atoms with Crippen LogP contribution in [0.3, 0.4) is 0 Å². The summed E-state index contributed by atoms with van der Waals surface area (Å²) in [5.41, 5.74) is -0.549. The van der Waals surface area contributed by atoms with Gasteiger partial charge in [0, 0.05) is 18.9 Å². The van der Waals surface area contributed by atoms with Crippen molar-refractivity contribution in [1.29, 1.82) is 0 Å². The molecular weight excluding hydrogens is 234 g/mol. The molecule has 1 spiro atoms. The second kappa shape index (κ2) is 5.84. The molecule has 0 bridgehead atoms. The van der Waals surface area contributed by atoms with Crippen molar-refractivity contribution in [2.75, 3.05) is 26.4 Å². The third-order valence-electron chi connectivity index (χ3n) is 4.35. The van der Waals surface area contributed by atoms with Crippen LogP contribution in [0.1, 0.15) is 39.0 Å². The summed E-state index contributed by atoms with van der Waals surface area (Å²) in [5.74, 6) is -0.342. The third kappa shape index (κ3) is 2.86. The molecule has 5 nitrogen and oxygen atoms in total. The molecule has 1 saturated heterocycles. The van der Waals surface area contributed by atoms with Crippen molar-refractivity contribution < 1.29 is 19.7 Å². The molecule has 0 aromatic carbocycles. The fraction of sp³-hybridized carbons (Fsp3) is 1.00. The van der Waals surface area contributed by atoms with Crippen molar-refractivity contribution in [2.45, 2.75) is 56.4 Å². The second-order valence-electron chi connectivity index (χ2n) is 5.48. The Hall–Kier alpha value is -0.200. The molecule has 0 radical (unpaired) electrons. The van der Waals surface area contributed by atoms with Crippen molar-refractivity contribution in [1.82, 2.24) is 5.32 Å². The number of nitrogens with one attached hydrogen (secondary N) is 1. The monoisotopic (exact) mass is 259 g/mol. The Labute approximate surface area is 108 Å². The quantitative estimate of drug-likeness (QED) is 0.666. The minimum Gasteiger partial charge on any atom is -0.394 e. The Bertz CT molecular complexity index is 243. The Morgan fingerprint density at radius 2 is 1.72 bits per heavy atom. The molecule has 106 valence electrons. The molecule has 0 amide bonds. The molecule has 0 unspecified atom stereocenters. The van der Waals surface area contributed by atoms with E-state index in [2.05, 4.69) is 5.32 Å². The Balaban J connectivity index is 1.85. The minimum absolute atomic E-state index is 0.0331. The van der Waals surface area contributed by atoms with Crippen LogP contribution in [-0.2, 0) is 9.47 Å². The first kappa shape index (κ1) is 14.2. The van der Waals surface area contributed by atoms with Gasteiger partial charge in [0.15, 0.2) is 5.79 Å². The summed E-state index contributed by atoms with van der Waals surface area (Å²) >= 11 is 0. The van der Waals surface area contributed by atoms with E-state index in [1.54, 1.807) is 0 Å². The van der Waals surface area contributed by atoms with E-state index in [9.17, 15) is 10.2 Å². The van der Waals surface area contributed by atoms with Gasteiger partial charge in [-0.05, 0) is 19.3 Å². The van der Waals surface area contributed by atoms with Gasteiger partial charge in [0.2, 0.25) is 0 Å². The summed E-state index contributed by atoms with van der Waals surface area (Å²) in [6.45, 7) is 3.31. The maximum atomic E-state index is 9.44. The molecule has 0 aromatic heterocycles. The largest absolute Gasteiger partial charge is 0.394 e. The smallest absolute Gasteiger partial charge is 0.168 e. The van der Waals surface area contributed by atoms with Crippen LogP contribution in [0.15, 0.2) is 0 Å². The molecule has 2 fully saturated rings. The molecule has 2 rings (SSSR count). The van der Waals surface area contributed by atoms with Crippen LogP contribution < -0.4 is 5.32 Å². The van der Waals surface area contributed by atoms with Gasteiger partial charge in [0.25, 0.3) is 0 Å². The van der Waals surface area contributed by atoms with Gasteiger partial charge in [-0.15, -0.1) is 0 Å². The van der Waals surface area contributed by atoms with E-state index in [1.165, 1.54) is 0 Å². The first-order valence-electron chi connectivity index (χ1n) is 6.95. The molecule has 3 N–H and O–H groups in total. The number of hydrogen-bond acceptors (Lipinski definition) is 5. The predicted molar refractivity (Wildman–Crippen MR) is 67.2 cm³/mol. The summed E-state index contributed by atoms with van der Waals surface area (Å²) in [4.78, 5) is 0. The molecule has 0 atom stereocenters. The van der Waals surface area contributed by atoms with Gasteiger partial charge in [-0.3, -0.25) is 0 Å². The van der Waals surface area contributed by atoms with E-state index < -0.39 is 5.54 Å². The first-order chi connectivity index (χ1) is 8.67. The minimum atomic E-state index is -0.549. The average Bonchev–Trinajstić information content (AvgIpc) is 2.87. The van der Waals surface area contributed by atoms with Gasteiger partial charge in [-0.1, -0.05) is 6.92 Å². The van der Waals surface area contributed by atoms with Gasteiger partial charge in [0.1, 0.15) is 0 Å². The zero-order chi connectivity index (χ0) is 13.1. The number of rotatable bonds is 5. The van der Waals surface area contributed by atoms with E-state index >= 15 is 0 Å². The molecule has 1 aliphatic heterocycles. The molecule has 1 heterocycles. The zero-order valence-corrected chi connectivity index (χ0v) is 11.2. The second-order valence-corrected chi connectivity index (χ2v) is 5.48. The lowest BCUT2D eigenvalue weighted by Crippen LogP contribution is -2.57. The fourth-order valence-corrected chi connectivity index (χ4v) is 2.89. The summed E-state index contributed by atoms with van der Waals surface area (Å²) in [6.07, 6.45) is 4.42. The predicted octanol–water partition coefficient (Wildman–Crippen LogP) is 0.395. The molecule has 0 aromatic rings. The molecular formula is C13H25NO4. The van der Waals surface area contributed by atoms with Gasteiger partial charge in [0.05, 0.1) is 32.0 Å². The summed E-state index contributed by atoms with van der Waals surface area (Å²) < 4.78 is 11.4. The molecule has 2 aliphatic rings. The van der Waals surface area contributed by atoms with Gasteiger partial charge < -0.3 is 25.0 Å². The van der Waals surface area contributed by atoms with Crippen molar-refractivity contribution in [2.24, 2.45) is 0 Å². The number of aliphatic hydroxyl groups is 2. The Morgan fingerprint density at radius 1 is 1.17 bits per heavy atom. The SMILES string of the molecule is CCC(CO)(CO)NC1CCC2(CC1)OCCO2. The van der Waals surface area contributed by atoms with Crippen LogP contribution in [0.4, 0.5) is 0 Å². The number of aliphatic hydroxyl groups excluding tert-OH is 2. The molecule has 18 heavy (non-hydrogen) atoms. The topological polar surface area (TPSA) is 71.0 Å². The van der Waals surface area contributed by atoms with Crippen LogP contribution in [0.25, 0.3) is 0 Å². The van der Waals surface area contributed by atoms with Crippen LogP contribution in [-0.4, -0.2) is 54.0 Å². The van der Waals surface area contributed by atoms with Gasteiger partial charge in [-0.25, -0.2) is 0 Å². The van der Waals surface area contributed by atoms with E-state index in [4.69, 9.17) is 9.47 Å². The maximum Gasteiger partial charge on any atom is 0.168 e. The standard InChI is InChI=1S/C13H25NO4/c1-2-12(9-15,10-16)14-11-3-5-13(6-4-11)17-7-8-18-13/h11,14-16H,2-10H2,1H3. The average molecular weight is 259 g/mol. The Morgan fingerprint density at radius 3 is 2.17 bits per heavy atom. The highest BCUT2D eigenvalue weighted by molar-refractivity contribution is 4.93. The lowest BCUT2D eigenvalue weighted by Gasteiger charge is -2.40. The highest BCUT2D eigenvalue weighted by atomic mass is 16.7. The highest BCUT2D eigenvalue weighted by Gasteiger charge is 2.41. The molecule has 1 saturated carbocycles. The third-order valence-corrected chi connectivity index (χ3v) is 4.35. The van der Waals surface area contributed by atoms with Crippen molar-refractivity contribution >= 4 is 0 Å². The summed E-state index contributed by atoms with van der Waals surface area (Å²) in [7, 11) is 0. The number of hydrogen-bond donors (Lipinski definition) is 3. The zero-order valence-electron chi connectivity index (χ0n) is 11.2. The van der Waals surface area contributed by atoms with E-state index in [1.807, 2.05) is 6.92 Å². The molecule has 5 heteroatoms.